The summed E-state index contributed by atoms with van der Waals surface area (Å²) >= 11 is 0. The summed E-state index contributed by atoms with van der Waals surface area (Å²) in [6.07, 6.45) is 0. The van der Waals surface area contributed by atoms with Crippen LogP contribution >= 0.6 is 0 Å². The molecule has 0 atom stereocenters. The van der Waals surface area contributed by atoms with Crippen LogP contribution in [0.2, 0.25) is 0 Å². The second kappa shape index (κ2) is 7.78. The van der Waals surface area contributed by atoms with E-state index in [4.69, 9.17) is 0 Å². The van der Waals surface area contributed by atoms with Gasteiger partial charge < -0.3 is 10.6 Å². The second-order valence-corrected chi connectivity index (χ2v) is 6.41. The average Bonchev–Trinajstić information content (AvgIpc) is 2.66. The van der Waals surface area contributed by atoms with Gasteiger partial charge in [-0.1, -0.05) is 50.2 Å². The molecule has 3 aromatic rings. The van der Waals surface area contributed by atoms with E-state index in [2.05, 4.69) is 15.6 Å². The molecule has 3 rings (SSSR count). The lowest BCUT2D eigenvalue weighted by Crippen LogP contribution is -2.23. The van der Waals surface area contributed by atoms with E-state index in [0.29, 0.717) is 12.2 Å². The normalized spacial score (nSPS) is 10.7. The second-order valence-electron chi connectivity index (χ2n) is 6.41. The number of hydrogen-bond donors (Lipinski definition) is 2. The molecule has 0 fully saturated rings. The molecule has 0 aliphatic carbocycles. The number of para-hydroxylation sites is 1. The van der Waals surface area contributed by atoms with E-state index in [-0.39, 0.29) is 17.7 Å². The summed E-state index contributed by atoms with van der Waals surface area (Å²) in [7, 11) is 0. The topological polar surface area (TPSA) is 71.1 Å². The molecular weight excluding hydrogens is 326 g/mol. The quantitative estimate of drug-likeness (QED) is 0.738. The minimum atomic E-state index is -0.215. The number of carbonyl (C=O) groups excluding carboxylic acids is 2. The van der Waals surface area contributed by atoms with Gasteiger partial charge in [0, 0.05) is 23.5 Å². The first-order valence-corrected chi connectivity index (χ1v) is 8.57. The number of benzene rings is 2. The van der Waals surface area contributed by atoms with Crippen LogP contribution in [0.1, 0.15) is 29.9 Å². The Balaban J connectivity index is 1.60. The monoisotopic (exact) mass is 347 g/mol. The van der Waals surface area contributed by atoms with Crippen molar-refractivity contribution in [2.45, 2.75) is 20.4 Å². The van der Waals surface area contributed by atoms with Crippen LogP contribution < -0.4 is 10.6 Å². The summed E-state index contributed by atoms with van der Waals surface area (Å²) in [5, 5.41) is 6.71. The molecule has 0 spiro atoms. The Morgan fingerprint density at radius 1 is 0.962 bits per heavy atom. The summed E-state index contributed by atoms with van der Waals surface area (Å²) in [6, 6.07) is 18.7. The minimum Gasteiger partial charge on any atom is -0.347 e. The Kier molecular flexibility index (Phi) is 5.27. The average molecular weight is 347 g/mol. The van der Waals surface area contributed by atoms with Crippen molar-refractivity contribution in [3.8, 4) is 0 Å². The Bertz CT molecular complexity index is 933. The standard InChI is InChI=1S/C21H21N3O2/c1-14(2)20(25)23-17-10-7-15(8-11-17)13-22-21(26)19-12-9-16-5-3-4-6-18(16)24-19/h3-12,14H,13H2,1-2H3,(H,22,26)(H,23,25). The van der Waals surface area contributed by atoms with E-state index >= 15 is 0 Å². The van der Waals surface area contributed by atoms with Crippen molar-refractivity contribution < 1.29 is 9.59 Å². The van der Waals surface area contributed by atoms with Crippen LogP contribution in [-0.4, -0.2) is 16.8 Å². The van der Waals surface area contributed by atoms with E-state index in [0.717, 1.165) is 22.2 Å². The summed E-state index contributed by atoms with van der Waals surface area (Å²) in [5.41, 5.74) is 2.88. The van der Waals surface area contributed by atoms with Gasteiger partial charge in [0.25, 0.3) is 5.91 Å². The summed E-state index contributed by atoms with van der Waals surface area (Å²) in [6.45, 7) is 4.09. The van der Waals surface area contributed by atoms with Crippen LogP contribution in [0.4, 0.5) is 5.69 Å². The largest absolute Gasteiger partial charge is 0.347 e. The van der Waals surface area contributed by atoms with Crippen LogP contribution in [0.5, 0.6) is 0 Å². The molecule has 0 aliphatic rings. The first kappa shape index (κ1) is 17.6. The van der Waals surface area contributed by atoms with Crippen molar-refractivity contribution in [2.24, 2.45) is 5.92 Å². The van der Waals surface area contributed by atoms with E-state index in [1.54, 1.807) is 6.07 Å². The number of anilines is 1. The summed E-state index contributed by atoms with van der Waals surface area (Å²) in [5.74, 6) is -0.301. The predicted molar refractivity (Wildman–Crippen MR) is 103 cm³/mol. The molecule has 1 heterocycles. The van der Waals surface area contributed by atoms with E-state index in [9.17, 15) is 9.59 Å². The molecular formula is C21H21N3O2. The maximum absolute atomic E-state index is 12.3. The molecule has 2 aromatic carbocycles. The van der Waals surface area contributed by atoms with Crippen molar-refractivity contribution >= 4 is 28.4 Å². The minimum absolute atomic E-state index is 0.0200. The van der Waals surface area contributed by atoms with Crippen LogP contribution in [0.3, 0.4) is 0 Å². The number of fused-ring (bicyclic) bond motifs is 1. The predicted octanol–water partition coefficient (Wildman–Crippen LogP) is 3.76. The number of pyridine rings is 1. The molecule has 2 N–H and O–H groups in total. The molecule has 5 nitrogen and oxygen atoms in total. The maximum atomic E-state index is 12.3. The molecule has 1 aromatic heterocycles. The Morgan fingerprint density at radius 2 is 1.69 bits per heavy atom. The molecule has 0 aliphatic heterocycles. The van der Waals surface area contributed by atoms with Crippen LogP contribution in [0.25, 0.3) is 10.9 Å². The smallest absolute Gasteiger partial charge is 0.270 e. The van der Waals surface area contributed by atoms with Crippen molar-refractivity contribution in [1.29, 1.82) is 0 Å². The van der Waals surface area contributed by atoms with Crippen LogP contribution in [-0.2, 0) is 11.3 Å². The number of nitrogens with zero attached hydrogens (tertiary/aromatic N) is 1. The molecule has 26 heavy (non-hydrogen) atoms. The van der Waals surface area contributed by atoms with E-state index in [1.807, 2.05) is 68.4 Å². The Hall–Kier alpha value is -3.21. The zero-order valence-corrected chi connectivity index (χ0v) is 14.8. The molecule has 0 bridgehead atoms. The van der Waals surface area contributed by atoms with Crippen molar-refractivity contribution in [3.63, 3.8) is 0 Å². The van der Waals surface area contributed by atoms with Crippen molar-refractivity contribution in [2.75, 3.05) is 5.32 Å². The summed E-state index contributed by atoms with van der Waals surface area (Å²) < 4.78 is 0. The molecule has 2 amide bonds. The highest BCUT2D eigenvalue weighted by Gasteiger charge is 2.09. The number of amides is 2. The fourth-order valence-corrected chi connectivity index (χ4v) is 2.46. The van der Waals surface area contributed by atoms with Gasteiger partial charge in [0.2, 0.25) is 5.91 Å². The van der Waals surface area contributed by atoms with Crippen molar-refractivity contribution in [3.05, 3.63) is 71.9 Å². The lowest BCUT2D eigenvalue weighted by molar-refractivity contribution is -0.118. The lowest BCUT2D eigenvalue weighted by atomic mass is 10.1. The zero-order chi connectivity index (χ0) is 18.5. The van der Waals surface area contributed by atoms with Gasteiger partial charge in [0.1, 0.15) is 5.69 Å². The van der Waals surface area contributed by atoms with E-state index in [1.165, 1.54) is 0 Å². The maximum Gasteiger partial charge on any atom is 0.270 e. The van der Waals surface area contributed by atoms with Gasteiger partial charge in [-0.05, 0) is 29.8 Å². The highest BCUT2D eigenvalue weighted by molar-refractivity contribution is 5.95. The zero-order valence-electron chi connectivity index (χ0n) is 14.8. The highest BCUT2D eigenvalue weighted by Crippen LogP contribution is 2.13. The van der Waals surface area contributed by atoms with Gasteiger partial charge in [-0.3, -0.25) is 9.59 Å². The van der Waals surface area contributed by atoms with Crippen LogP contribution in [0, 0.1) is 5.92 Å². The third-order valence-electron chi connectivity index (χ3n) is 4.03. The number of aromatic nitrogens is 1. The van der Waals surface area contributed by atoms with Gasteiger partial charge in [0.15, 0.2) is 0 Å². The van der Waals surface area contributed by atoms with Gasteiger partial charge in [-0.2, -0.15) is 0 Å². The number of hydrogen-bond acceptors (Lipinski definition) is 3. The molecule has 0 unspecified atom stereocenters. The first-order chi connectivity index (χ1) is 12.5. The van der Waals surface area contributed by atoms with Gasteiger partial charge in [-0.15, -0.1) is 0 Å². The Morgan fingerprint density at radius 3 is 2.42 bits per heavy atom. The number of nitrogens with one attached hydrogen (secondary N) is 2. The SMILES string of the molecule is CC(C)C(=O)Nc1ccc(CNC(=O)c2ccc3ccccc3n2)cc1. The molecule has 5 heteroatoms. The molecule has 0 saturated heterocycles. The van der Waals surface area contributed by atoms with Gasteiger partial charge in [-0.25, -0.2) is 4.98 Å². The van der Waals surface area contributed by atoms with Crippen molar-refractivity contribution in [1.82, 2.24) is 10.3 Å². The van der Waals surface area contributed by atoms with E-state index < -0.39 is 0 Å². The van der Waals surface area contributed by atoms with Gasteiger partial charge >= 0.3 is 0 Å². The molecule has 132 valence electrons. The first-order valence-electron chi connectivity index (χ1n) is 8.57. The highest BCUT2D eigenvalue weighted by atomic mass is 16.2. The number of rotatable bonds is 5. The molecule has 0 saturated carbocycles. The number of carbonyl (C=O) groups is 2. The van der Waals surface area contributed by atoms with Crippen LogP contribution in [0.15, 0.2) is 60.7 Å². The fraction of sp³-hybridized carbons (Fsp3) is 0.190. The molecule has 0 radical (unpaired) electrons. The third-order valence-corrected chi connectivity index (χ3v) is 4.03. The Labute approximate surface area is 152 Å². The van der Waals surface area contributed by atoms with Gasteiger partial charge in [0.05, 0.1) is 5.52 Å². The fourth-order valence-electron chi connectivity index (χ4n) is 2.46. The third kappa shape index (κ3) is 4.25. The summed E-state index contributed by atoms with van der Waals surface area (Å²) in [4.78, 5) is 28.4. The lowest BCUT2D eigenvalue weighted by Gasteiger charge is -2.09.